The fraction of sp³-hybridized carbons (Fsp3) is 0.278. The van der Waals surface area contributed by atoms with E-state index in [0.29, 0.717) is 34.0 Å². The van der Waals surface area contributed by atoms with E-state index in [9.17, 15) is 9.90 Å². The first kappa shape index (κ1) is 15.5. The highest BCUT2D eigenvalue weighted by atomic mass is 16.3. The predicted molar refractivity (Wildman–Crippen MR) is 93.0 cm³/mol. The van der Waals surface area contributed by atoms with Crippen LogP contribution < -0.4 is 10.7 Å². The van der Waals surface area contributed by atoms with E-state index in [1.165, 1.54) is 0 Å². The number of likely N-dealkylation sites (N-methyl/N-ethyl adjacent to an activating group) is 1. The molecule has 0 saturated carbocycles. The third kappa shape index (κ3) is 2.93. The smallest absolute Gasteiger partial charge is 0.202 e. The Balaban J connectivity index is 2.21. The zero-order valence-electron chi connectivity index (χ0n) is 13.3. The molecule has 0 radical (unpaired) electrons. The maximum Gasteiger partial charge on any atom is 0.202 e. The lowest BCUT2D eigenvalue weighted by atomic mass is 10.1. The SMILES string of the molecule is CN(C)CCNc1ccc(CO)c2oc3ccccc3c(=O)c12. The van der Waals surface area contributed by atoms with E-state index in [1.54, 1.807) is 18.2 Å². The summed E-state index contributed by atoms with van der Waals surface area (Å²) >= 11 is 0. The van der Waals surface area contributed by atoms with Crippen LogP contribution in [0.3, 0.4) is 0 Å². The number of aliphatic hydroxyl groups is 1. The number of hydrogen-bond acceptors (Lipinski definition) is 5. The average Bonchev–Trinajstić information content (AvgIpc) is 2.54. The molecule has 1 aromatic heterocycles. The highest BCUT2D eigenvalue weighted by molar-refractivity contribution is 5.98. The van der Waals surface area contributed by atoms with Crippen LogP contribution in [0.5, 0.6) is 0 Å². The summed E-state index contributed by atoms with van der Waals surface area (Å²) in [5.74, 6) is 0. The van der Waals surface area contributed by atoms with Crippen LogP contribution in [0.2, 0.25) is 0 Å². The Morgan fingerprint density at radius 1 is 1.17 bits per heavy atom. The van der Waals surface area contributed by atoms with Crippen molar-refractivity contribution in [3.63, 3.8) is 0 Å². The highest BCUT2D eigenvalue weighted by Gasteiger charge is 2.14. The molecule has 23 heavy (non-hydrogen) atoms. The van der Waals surface area contributed by atoms with Crippen LogP contribution in [0.4, 0.5) is 5.69 Å². The zero-order chi connectivity index (χ0) is 16.4. The maximum atomic E-state index is 12.9. The third-order valence-electron chi connectivity index (χ3n) is 3.85. The molecule has 0 aliphatic heterocycles. The summed E-state index contributed by atoms with van der Waals surface area (Å²) in [7, 11) is 3.99. The number of nitrogens with zero attached hydrogens (tertiary/aromatic N) is 1. The minimum atomic E-state index is -0.171. The summed E-state index contributed by atoms with van der Waals surface area (Å²) in [5, 5.41) is 13.9. The van der Waals surface area contributed by atoms with Gasteiger partial charge in [-0.1, -0.05) is 18.2 Å². The molecular formula is C18H20N2O3. The Labute approximate surface area is 134 Å². The molecule has 3 rings (SSSR count). The van der Waals surface area contributed by atoms with Crippen LogP contribution in [-0.4, -0.2) is 37.2 Å². The predicted octanol–water partition coefficient (Wildman–Crippen LogP) is 2.41. The molecular weight excluding hydrogens is 292 g/mol. The van der Waals surface area contributed by atoms with Crippen molar-refractivity contribution in [2.24, 2.45) is 0 Å². The maximum absolute atomic E-state index is 12.9. The summed E-state index contributed by atoms with van der Waals surface area (Å²) in [6, 6.07) is 10.8. The molecule has 0 aliphatic carbocycles. The van der Waals surface area contributed by atoms with Gasteiger partial charge in [0.25, 0.3) is 0 Å². The van der Waals surface area contributed by atoms with Gasteiger partial charge >= 0.3 is 0 Å². The second-order valence-corrected chi connectivity index (χ2v) is 5.79. The minimum Gasteiger partial charge on any atom is -0.455 e. The van der Waals surface area contributed by atoms with Crippen LogP contribution in [0, 0.1) is 0 Å². The molecule has 0 bridgehead atoms. The van der Waals surface area contributed by atoms with Crippen LogP contribution >= 0.6 is 0 Å². The Morgan fingerprint density at radius 3 is 2.70 bits per heavy atom. The Hall–Kier alpha value is -2.37. The highest BCUT2D eigenvalue weighted by Crippen LogP contribution is 2.27. The van der Waals surface area contributed by atoms with E-state index in [4.69, 9.17) is 4.42 Å². The van der Waals surface area contributed by atoms with Crippen molar-refractivity contribution in [2.75, 3.05) is 32.5 Å². The van der Waals surface area contributed by atoms with Crippen molar-refractivity contribution < 1.29 is 9.52 Å². The van der Waals surface area contributed by atoms with Gasteiger partial charge in [-0.25, -0.2) is 0 Å². The van der Waals surface area contributed by atoms with Gasteiger partial charge in [0.05, 0.1) is 17.4 Å². The largest absolute Gasteiger partial charge is 0.455 e. The van der Waals surface area contributed by atoms with Gasteiger partial charge in [-0.3, -0.25) is 4.79 Å². The number of hydrogen-bond donors (Lipinski definition) is 2. The quantitative estimate of drug-likeness (QED) is 0.708. The summed E-state index contributed by atoms with van der Waals surface area (Å²) in [4.78, 5) is 14.9. The van der Waals surface area contributed by atoms with Gasteiger partial charge in [-0.15, -0.1) is 0 Å². The Kier molecular flexibility index (Phi) is 4.32. The van der Waals surface area contributed by atoms with Crippen LogP contribution in [0.15, 0.2) is 45.6 Å². The van der Waals surface area contributed by atoms with E-state index in [-0.39, 0.29) is 12.0 Å². The standard InChI is InChI=1S/C18H20N2O3/c1-20(2)10-9-19-14-8-7-12(11-21)18-16(14)17(22)13-5-3-4-6-15(13)23-18/h3-8,19,21H,9-11H2,1-2H3. The zero-order valence-corrected chi connectivity index (χ0v) is 13.3. The van der Waals surface area contributed by atoms with Gasteiger partial charge in [0, 0.05) is 24.3 Å². The summed E-state index contributed by atoms with van der Waals surface area (Å²) in [6.45, 7) is 1.39. The van der Waals surface area contributed by atoms with Crippen LogP contribution in [0.1, 0.15) is 5.56 Å². The van der Waals surface area contributed by atoms with E-state index in [2.05, 4.69) is 10.2 Å². The van der Waals surface area contributed by atoms with Gasteiger partial charge in [-0.2, -0.15) is 0 Å². The molecule has 5 nitrogen and oxygen atoms in total. The second kappa shape index (κ2) is 6.40. The number of anilines is 1. The first-order valence-electron chi connectivity index (χ1n) is 7.58. The van der Waals surface area contributed by atoms with Gasteiger partial charge in [0.2, 0.25) is 5.43 Å². The van der Waals surface area contributed by atoms with Crippen molar-refractivity contribution in [1.82, 2.24) is 4.90 Å². The van der Waals surface area contributed by atoms with Crippen LogP contribution in [-0.2, 0) is 6.61 Å². The minimum absolute atomic E-state index is 0.0792. The lowest BCUT2D eigenvalue weighted by Crippen LogP contribution is -2.21. The van der Waals surface area contributed by atoms with Crippen molar-refractivity contribution >= 4 is 27.6 Å². The van der Waals surface area contributed by atoms with Crippen molar-refractivity contribution in [1.29, 1.82) is 0 Å². The molecule has 5 heteroatoms. The van der Waals surface area contributed by atoms with Crippen LogP contribution in [0.25, 0.3) is 21.9 Å². The molecule has 2 N–H and O–H groups in total. The first-order chi connectivity index (χ1) is 11.1. The van der Waals surface area contributed by atoms with E-state index in [1.807, 2.05) is 32.3 Å². The lowest BCUT2D eigenvalue weighted by Gasteiger charge is -2.14. The summed E-state index contributed by atoms with van der Waals surface area (Å²) < 4.78 is 5.91. The molecule has 0 fully saturated rings. The molecule has 2 aromatic carbocycles. The number of para-hydroxylation sites is 1. The first-order valence-corrected chi connectivity index (χ1v) is 7.58. The number of aliphatic hydroxyl groups excluding tert-OH is 1. The Morgan fingerprint density at radius 2 is 1.96 bits per heavy atom. The third-order valence-corrected chi connectivity index (χ3v) is 3.85. The van der Waals surface area contributed by atoms with Gasteiger partial charge in [0.15, 0.2) is 0 Å². The van der Waals surface area contributed by atoms with Gasteiger partial charge < -0.3 is 19.7 Å². The normalized spacial score (nSPS) is 11.5. The monoisotopic (exact) mass is 312 g/mol. The lowest BCUT2D eigenvalue weighted by molar-refractivity contribution is 0.282. The molecule has 0 amide bonds. The average molecular weight is 312 g/mol. The summed E-state index contributed by atoms with van der Waals surface area (Å²) in [5.41, 5.74) is 2.25. The van der Waals surface area contributed by atoms with Crippen molar-refractivity contribution in [3.8, 4) is 0 Å². The van der Waals surface area contributed by atoms with Gasteiger partial charge in [0.1, 0.15) is 11.2 Å². The molecule has 0 saturated heterocycles. The molecule has 1 heterocycles. The fourth-order valence-electron chi connectivity index (χ4n) is 2.64. The molecule has 3 aromatic rings. The van der Waals surface area contributed by atoms with Crippen molar-refractivity contribution in [3.05, 3.63) is 52.2 Å². The fourth-order valence-corrected chi connectivity index (χ4v) is 2.64. The second-order valence-electron chi connectivity index (χ2n) is 5.79. The van der Waals surface area contributed by atoms with Crippen molar-refractivity contribution in [2.45, 2.75) is 6.61 Å². The molecule has 0 atom stereocenters. The van der Waals surface area contributed by atoms with Gasteiger partial charge in [-0.05, 0) is 32.3 Å². The number of fused-ring (bicyclic) bond motifs is 2. The number of nitrogens with one attached hydrogen (secondary N) is 1. The topological polar surface area (TPSA) is 65.7 Å². The molecule has 120 valence electrons. The molecule has 0 spiro atoms. The number of rotatable bonds is 5. The molecule has 0 unspecified atom stereocenters. The van der Waals surface area contributed by atoms with E-state index in [0.717, 1.165) is 12.2 Å². The van der Waals surface area contributed by atoms with E-state index < -0.39 is 0 Å². The Bertz CT molecular complexity index is 900. The number of benzene rings is 2. The van der Waals surface area contributed by atoms with E-state index >= 15 is 0 Å². The molecule has 0 aliphatic rings. The summed E-state index contributed by atoms with van der Waals surface area (Å²) in [6.07, 6.45) is 0.